The summed E-state index contributed by atoms with van der Waals surface area (Å²) < 4.78 is 6.41. The molecule has 1 N–H and O–H groups in total. The Balaban J connectivity index is 1.76. The van der Waals surface area contributed by atoms with E-state index in [-0.39, 0.29) is 0 Å². The molecule has 1 aromatic carbocycles. The number of hydrogen-bond donors (Lipinski definition) is 1. The zero-order chi connectivity index (χ0) is 13.2. The van der Waals surface area contributed by atoms with Gasteiger partial charge < -0.3 is 9.84 Å². The van der Waals surface area contributed by atoms with Crippen LogP contribution in [0.2, 0.25) is 0 Å². The average Bonchev–Trinajstić information content (AvgIpc) is 2.88. The fourth-order valence-electron chi connectivity index (χ4n) is 2.26. The lowest BCUT2D eigenvalue weighted by Crippen LogP contribution is -2.03. The fraction of sp³-hybridized carbons (Fsp3) is 0.267. The largest absolute Gasteiger partial charge is 0.493 e. The number of rotatable bonds is 3. The highest BCUT2D eigenvalue weighted by Gasteiger charge is 2.16. The normalized spacial score (nSPS) is 14.8. The quantitative estimate of drug-likeness (QED) is 0.945. The lowest BCUT2D eigenvalue weighted by atomic mass is 10.0. The van der Waals surface area contributed by atoms with Gasteiger partial charge in [0.2, 0.25) is 0 Å². The Hall–Kier alpha value is -1.39. The summed E-state index contributed by atoms with van der Waals surface area (Å²) in [5.74, 6) is 0.942. The van der Waals surface area contributed by atoms with Crippen molar-refractivity contribution in [2.45, 2.75) is 18.9 Å². The molecule has 1 atom stereocenters. The first kappa shape index (κ1) is 12.6. The first-order chi connectivity index (χ1) is 9.22. The van der Waals surface area contributed by atoms with Gasteiger partial charge in [0, 0.05) is 29.2 Å². The van der Waals surface area contributed by atoms with E-state index in [2.05, 4.69) is 20.9 Å². The molecule has 2 aromatic rings. The van der Waals surface area contributed by atoms with Crippen molar-refractivity contribution in [1.29, 1.82) is 0 Å². The van der Waals surface area contributed by atoms with Gasteiger partial charge in [-0.15, -0.1) is 0 Å². The summed E-state index contributed by atoms with van der Waals surface area (Å²) in [6, 6.07) is 9.75. The Morgan fingerprint density at radius 3 is 3.00 bits per heavy atom. The second kappa shape index (κ2) is 5.31. The summed E-state index contributed by atoms with van der Waals surface area (Å²) in [5, 5.41) is 10.3. The third kappa shape index (κ3) is 2.80. The van der Waals surface area contributed by atoms with Crippen LogP contribution in [0.15, 0.2) is 41.0 Å². The van der Waals surface area contributed by atoms with E-state index in [1.807, 2.05) is 30.3 Å². The van der Waals surface area contributed by atoms with Crippen LogP contribution in [-0.2, 0) is 12.8 Å². The standard InChI is InChI=1S/C15H14BrNO2/c16-12-2-3-13(17-9-12)8-14(18)10-1-4-15-11(7-10)5-6-19-15/h1-4,7,9,14,18H,5-6,8H2. The van der Waals surface area contributed by atoms with Crippen LogP contribution in [0.4, 0.5) is 0 Å². The Bertz CT molecular complexity index is 583. The van der Waals surface area contributed by atoms with Gasteiger partial charge in [-0.05, 0) is 51.3 Å². The van der Waals surface area contributed by atoms with Crippen molar-refractivity contribution >= 4 is 15.9 Å². The number of aliphatic hydroxyl groups is 1. The molecular formula is C15H14BrNO2. The number of aromatic nitrogens is 1. The molecule has 1 aromatic heterocycles. The van der Waals surface area contributed by atoms with Gasteiger partial charge >= 0.3 is 0 Å². The van der Waals surface area contributed by atoms with Crippen molar-refractivity contribution in [1.82, 2.24) is 4.98 Å². The molecule has 3 nitrogen and oxygen atoms in total. The predicted octanol–water partition coefficient (Wildman–Crippen LogP) is 3.06. The molecule has 2 heterocycles. The summed E-state index contributed by atoms with van der Waals surface area (Å²) in [7, 11) is 0. The van der Waals surface area contributed by atoms with Crippen LogP contribution in [0.3, 0.4) is 0 Å². The lowest BCUT2D eigenvalue weighted by Gasteiger charge is -2.11. The van der Waals surface area contributed by atoms with E-state index in [4.69, 9.17) is 4.74 Å². The molecule has 0 saturated heterocycles. The number of aliphatic hydroxyl groups excluding tert-OH is 1. The molecule has 0 saturated carbocycles. The number of ether oxygens (including phenoxy) is 1. The number of halogens is 1. The van der Waals surface area contributed by atoms with E-state index in [0.29, 0.717) is 6.42 Å². The molecule has 4 heteroatoms. The molecular weight excluding hydrogens is 306 g/mol. The van der Waals surface area contributed by atoms with Crippen molar-refractivity contribution in [2.75, 3.05) is 6.61 Å². The second-order valence-corrected chi connectivity index (χ2v) is 5.57. The predicted molar refractivity (Wildman–Crippen MR) is 76.2 cm³/mol. The Morgan fingerprint density at radius 2 is 2.21 bits per heavy atom. The van der Waals surface area contributed by atoms with Crippen LogP contribution in [0.5, 0.6) is 5.75 Å². The first-order valence-corrected chi connectivity index (χ1v) is 7.06. The van der Waals surface area contributed by atoms with Gasteiger partial charge in [-0.1, -0.05) is 6.07 Å². The monoisotopic (exact) mass is 319 g/mol. The van der Waals surface area contributed by atoms with E-state index in [9.17, 15) is 5.11 Å². The maximum atomic E-state index is 10.3. The van der Waals surface area contributed by atoms with Gasteiger partial charge in [0.25, 0.3) is 0 Å². The number of nitrogens with zero attached hydrogens (tertiary/aromatic N) is 1. The summed E-state index contributed by atoms with van der Waals surface area (Å²) in [6.45, 7) is 0.739. The molecule has 0 amide bonds. The minimum absolute atomic E-state index is 0.521. The molecule has 3 rings (SSSR count). The van der Waals surface area contributed by atoms with Crippen LogP contribution in [0.1, 0.15) is 22.9 Å². The molecule has 19 heavy (non-hydrogen) atoms. The highest BCUT2D eigenvalue weighted by Crippen LogP contribution is 2.29. The van der Waals surface area contributed by atoms with Crippen LogP contribution >= 0.6 is 15.9 Å². The average molecular weight is 320 g/mol. The molecule has 0 spiro atoms. The maximum absolute atomic E-state index is 10.3. The van der Waals surface area contributed by atoms with E-state index in [0.717, 1.165) is 34.5 Å². The van der Waals surface area contributed by atoms with Crippen molar-refractivity contribution in [2.24, 2.45) is 0 Å². The topological polar surface area (TPSA) is 42.4 Å². The number of benzene rings is 1. The SMILES string of the molecule is OC(Cc1ccc(Br)cn1)c1ccc2c(c1)CCO2. The second-order valence-electron chi connectivity index (χ2n) is 4.65. The number of fused-ring (bicyclic) bond motifs is 1. The Morgan fingerprint density at radius 1 is 1.32 bits per heavy atom. The molecule has 98 valence electrons. The number of pyridine rings is 1. The maximum Gasteiger partial charge on any atom is 0.122 e. The lowest BCUT2D eigenvalue weighted by molar-refractivity contribution is 0.177. The van der Waals surface area contributed by atoms with Gasteiger partial charge in [0.05, 0.1) is 12.7 Å². The third-order valence-electron chi connectivity index (χ3n) is 3.29. The molecule has 0 radical (unpaired) electrons. The van der Waals surface area contributed by atoms with Gasteiger partial charge in [-0.3, -0.25) is 4.98 Å². The van der Waals surface area contributed by atoms with Crippen LogP contribution in [0.25, 0.3) is 0 Å². The molecule has 1 aliphatic heterocycles. The van der Waals surface area contributed by atoms with Crippen LogP contribution in [0, 0.1) is 0 Å². The van der Waals surface area contributed by atoms with Crippen molar-refractivity contribution < 1.29 is 9.84 Å². The van der Waals surface area contributed by atoms with Gasteiger partial charge in [0.15, 0.2) is 0 Å². The molecule has 0 fully saturated rings. The van der Waals surface area contributed by atoms with E-state index in [1.54, 1.807) is 6.20 Å². The van der Waals surface area contributed by atoms with Crippen LogP contribution in [-0.4, -0.2) is 16.7 Å². The molecule has 0 aliphatic carbocycles. The molecule has 1 aliphatic rings. The zero-order valence-electron chi connectivity index (χ0n) is 10.3. The summed E-state index contributed by atoms with van der Waals surface area (Å²) in [4.78, 5) is 4.28. The smallest absolute Gasteiger partial charge is 0.122 e. The van der Waals surface area contributed by atoms with Crippen LogP contribution < -0.4 is 4.74 Å². The summed E-state index contributed by atoms with van der Waals surface area (Å²) >= 11 is 3.35. The minimum atomic E-state index is -0.528. The molecule has 1 unspecified atom stereocenters. The first-order valence-electron chi connectivity index (χ1n) is 6.26. The van der Waals surface area contributed by atoms with E-state index >= 15 is 0 Å². The van der Waals surface area contributed by atoms with Gasteiger partial charge in [-0.25, -0.2) is 0 Å². The Labute approximate surface area is 120 Å². The van der Waals surface area contributed by atoms with E-state index < -0.39 is 6.10 Å². The van der Waals surface area contributed by atoms with Crippen molar-refractivity contribution in [3.63, 3.8) is 0 Å². The molecule has 0 bridgehead atoms. The van der Waals surface area contributed by atoms with Crippen molar-refractivity contribution in [3.05, 3.63) is 57.8 Å². The third-order valence-corrected chi connectivity index (χ3v) is 3.76. The van der Waals surface area contributed by atoms with E-state index in [1.165, 1.54) is 5.56 Å². The summed E-state index contributed by atoms with van der Waals surface area (Å²) in [5.41, 5.74) is 2.99. The zero-order valence-corrected chi connectivity index (χ0v) is 11.9. The summed E-state index contributed by atoms with van der Waals surface area (Å²) in [6.07, 6.45) is 2.66. The fourth-order valence-corrected chi connectivity index (χ4v) is 2.49. The van der Waals surface area contributed by atoms with Gasteiger partial charge in [0.1, 0.15) is 5.75 Å². The highest BCUT2D eigenvalue weighted by molar-refractivity contribution is 9.10. The van der Waals surface area contributed by atoms with Gasteiger partial charge in [-0.2, -0.15) is 0 Å². The minimum Gasteiger partial charge on any atom is -0.493 e. The highest BCUT2D eigenvalue weighted by atomic mass is 79.9. The number of hydrogen-bond acceptors (Lipinski definition) is 3. The van der Waals surface area contributed by atoms with Crippen molar-refractivity contribution in [3.8, 4) is 5.75 Å². The Kier molecular flexibility index (Phi) is 3.53.